The second-order valence-electron chi connectivity index (χ2n) is 1.43. The van der Waals surface area contributed by atoms with Gasteiger partial charge in [-0.3, -0.25) is 9.98 Å². The van der Waals surface area contributed by atoms with E-state index in [1.54, 1.807) is 0 Å². The van der Waals surface area contributed by atoms with Crippen molar-refractivity contribution in [3.63, 3.8) is 0 Å². The fraction of sp³-hybridized carbons (Fsp3) is 0.286. The first-order valence-electron chi connectivity index (χ1n) is 2.79. The molecular weight excluding hydrogens is 201 g/mol. The van der Waals surface area contributed by atoms with E-state index in [-0.39, 0.29) is 32.7 Å². The Hall–Kier alpha value is 0.0539. The molecule has 0 aliphatic rings. The van der Waals surface area contributed by atoms with Crippen LogP contribution in [-0.2, 0) is 32.7 Å². The summed E-state index contributed by atoms with van der Waals surface area (Å²) in [4.78, 5) is 7.40. The fourth-order valence-corrected chi connectivity index (χ4v) is 0.423. The van der Waals surface area contributed by atoms with Crippen LogP contribution in [0.1, 0.15) is 13.8 Å². The van der Waals surface area contributed by atoms with Gasteiger partial charge < -0.3 is 0 Å². The standard InChI is InChI=1S/C7H11N2.Y/c1-4-7(5-2)9-6-8-3;/h4-6H,3H2,1-2H3;/q-1;/b7-4-,9-6?;. The first kappa shape index (κ1) is 12.7. The van der Waals surface area contributed by atoms with E-state index >= 15 is 0 Å². The summed E-state index contributed by atoms with van der Waals surface area (Å²) in [6, 6.07) is 0. The Bertz CT molecular complexity index is 139. The van der Waals surface area contributed by atoms with Crippen molar-refractivity contribution >= 4 is 13.1 Å². The zero-order valence-corrected chi connectivity index (χ0v) is 9.25. The van der Waals surface area contributed by atoms with E-state index in [0.717, 1.165) is 5.70 Å². The van der Waals surface area contributed by atoms with Gasteiger partial charge in [-0.05, 0) is 6.72 Å². The third-order valence-corrected chi connectivity index (χ3v) is 0.880. The molecule has 0 atom stereocenters. The Morgan fingerprint density at radius 3 is 2.50 bits per heavy atom. The van der Waals surface area contributed by atoms with Crippen LogP contribution < -0.4 is 0 Å². The molecule has 0 heterocycles. The molecular formula is C7H11N2Y-. The minimum absolute atomic E-state index is 0. The van der Waals surface area contributed by atoms with Crippen LogP contribution in [0.3, 0.4) is 0 Å². The largest absolute Gasteiger partial charge is 0.276 e. The van der Waals surface area contributed by atoms with Gasteiger partial charge in [0.05, 0.1) is 0 Å². The molecule has 0 aliphatic heterocycles. The smallest absolute Gasteiger partial charge is 0.111 e. The van der Waals surface area contributed by atoms with Gasteiger partial charge >= 0.3 is 0 Å². The fourth-order valence-electron chi connectivity index (χ4n) is 0.423. The summed E-state index contributed by atoms with van der Waals surface area (Å²) in [6.45, 7) is 7.11. The third kappa shape index (κ3) is 6.18. The van der Waals surface area contributed by atoms with Crippen LogP contribution in [0.15, 0.2) is 21.8 Å². The average Bonchev–Trinajstić information content (AvgIpc) is 1.91. The van der Waals surface area contributed by atoms with Gasteiger partial charge in [-0.2, -0.15) is 0 Å². The summed E-state index contributed by atoms with van der Waals surface area (Å²) in [6.07, 6.45) is 5.23. The SMILES string of the molecule is C=NC=N/C(=C\C)[CH-]C.[Y]. The first-order chi connectivity index (χ1) is 4.35. The van der Waals surface area contributed by atoms with Crippen LogP contribution in [0.25, 0.3) is 0 Å². The Morgan fingerprint density at radius 2 is 2.20 bits per heavy atom. The van der Waals surface area contributed by atoms with Gasteiger partial charge in [0.25, 0.3) is 0 Å². The normalized spacial score (nSPS) is 10.8. The predicted octanol–water partition coefficient (Wildman–Crippen LogP) is 1.84. The van der Waals surface area contributed by atoms with E-state index in [4.69, 9.17) is 0 Å². The predicted molar refractivity (Wildman–Crippen MR) is 41.8 cm³/mol. The average molecular weight is 212 g/mol. The number of hydrogen-bond acceptors (Lipinski definition) is 1. The molecule has 0 saturated carbocycles. The van der Waals surface area contributed by atoms with Gasteiger partial charge in [-0.25, -0.2) is 12.5 Å². The molecule has 0 aliphatic carbocycles. The van der Waals surface area contributed by atoms with Crippen molar-refractivity contribution in [1.29, 1.82) is 0 Å². The van der Waals surface area contributed by atoms with Crippen LogP contribution in [0.4, 0.5) is 0 Å². The van der Waals surface area contributed by atoms with E-state index in [1.807, 2.05) is 26.3 Å². The van der Waals surface area contributed by atoms with E-state index in [1.165, 1.54) is 6.34 Å². The molecule has 0 N–H and O–H groups in total. The van der Waals surface area contributed by atoms with Gasteiger partial charge in [0.15, 0.2) is 0 Å². The number of hydrogen-bond donors (Lipinski definition) is 0. The molecule has 10 heavy (non-hydrogen) atoms. The molecule has 1 radical (unpaired) electrons. The van der Waals surface area contributed by atoms with Crippen LogP contribution in [0, 0.1) is 6.42 Å². The number of allylic oxidation sites excluding steroid dienone is 2. The first-order valence-corrected chi connectivity index (χ1v) is 2.79. The van der Waals surface area contributed by atoms with E-state index < -0.39 is 0 Å². The van der Waals surface area contributed by atoms with Crippen molar-refractivity contribution in [3.8, 4) is 0 Å². The van der Waals surface area contributed by atoms with Gasteiger partial charge in [0.1, 0.15) is 6.34 Å². The summed E-state index contributed by atoms with van der Waals surface area (Å²) in [7, 11) is 0. The number of nitrogens with zero attached hydrogens (tertiary/aromatic N) is 2. The number of rotatable bonds is 3. The summed E-state index contributed by atoms with van der Waals surface area (Å²) in [5, 5.41) is 0. The Labute approximate surface area is 87.4 Å². The Kier molecular flexibility index (Phi) is 11.5. The molecule has 0 rings (SSSR count). The van der Waals surface area contributed by atoms with Gasteiger partial charge in [-0.15, -0.1) is 19.5 Å². The zero-order chi connectivity index (χ0) is 7.11. The van der Waals surface area contributed by atoms with E-state index in [2.05, 4.69) is 16.7 Å². The molecule has 2 nitrogen and oxygen atoms in total. The molecule has 0 aromatic rings. The third-order valence-electron chi connectivity index (χ3n) is 0.880. The van der Waals surface area contributed by atoms with Crippen LogP contribution in [0.2, 0.25) is 0 Å². The van der Waals surface area contributed by atoms with Crippen molar-refractivity contribution in [1.82, 2.24) is 0 Å². The molecule has 0 amide bonds. The molecule has 0 aromatic carbocycles. The molecule has 3 heteroatoms. The summed E-state index contributed by atoms with van der Waals surface area (Å²) < 4.78 is 0. The van der Waals surface area contributed by atoms with Gasteiger partial charge in [0.2, 0.25) is 0 Å². The Balaban J connectivity index is 0. The van der Waals surface area contributed by atoms with Crippen molar-refractivity contribution < 1.29 is 32.7 Å². The van der Waals surface area contributed by atoms with E-state index in [0.29, 0.717) is 0 Å². The topological polar surface area (TPSA) is 24.7 Å². The molecule has 0 spiro atoms. The molecule has 53 valence electrons. The van der Waals surface area contributed by atoms with Crippen molar-refractivity contribution in [3.05, 3.63) is 18.2 Å². The molecule has 0 aromatic heterocycles. The second-order valence-corrected chi connectivity index (χ2v) is 1.43. The van der Waals surface area contributed by atoms with Crippen LogP contribution in [-0.4, -0.2) is 13.1 Å². The maximum absolute atomic E-state index is 3.93. The summed E-state index contributed by atoms with van der Waals surface area (Å²) >= 11 is 0. The van der Waals surface area contributed by atoms with Gasteiger partial charge in [0, 0.05) is 32.7 Å². The minimum Gasteiger partial charge on any atom is -0.276 e. The zero-order valence-electron chi connectivity index (χ0n) is 6.41. The molecule has 0 unspecified atom stereocenters. The molecule has 0 bridgehead atoms. The Morgan fingerprint density at radius 1 is 1.60 bits per heavy atom. The van der Waals surface area contributed by atoms with Crippen LogP contribution >= 0.6 is 0 Å². The molecule has 0 fully saturated rings. The molecule has 0 saturated heterocycles. The second kappa shape index (κ2) is 9.05. The maximum atomic E-state index is 3.93. The monoisotopic (exact) mass is 212 g/mol. The van der Waals surface area contributed by atoms with Crippen molar-refractivity contribution in [2.24, 2.45) is 9.98 Å². The van der Waals surface area contributed by atoms with Crippen molar-refractivity contribution in [2.75, 3.05) is 0 Å². The van der Waals surface area contributed by atoms with Gasteiger partial charge in [-0.1, -0.05) is 0 Å². The quantitative estimate of drug-likeness (QED) is 0.387. The van der Waals surface area contributed by atoms with Crippen LogP contribution in [0.5, 0.6) is 0 Å². The number of aliphatic imine (C=N–C) groups is 2. The maximum Gasteiger partial charge on any atom is 0.111 e. The summed E-state index contributed by atoms with van der Waals surface area (Å²) in [5.41, 5.74) is 0.919. The minimum atomic E-state index is 0. The van der Waals surface area contributed by atoms with Crippen molar-refractivity contribution in [2.45, 2.75) is 13.8 Å². The van der Waals surface area contributed by atoms with E-state index in [9.17, 15) is 0 Å². The summed E-state index contributed by atoms with van der Waals surface area (Å²) in [5.74, 6) is 0.